The average Bonchev–Trinajstić information content (AvgIpc) is 2.63. The van der Waals surface area contributed by atoms with Crippen LogP contribution in [0.15, 0.2) is 57.0 Å². The number of amides is 1. The van der Waals surface area contributed by atoms with Crippen LogP contribution in [-0.4, -0.2) is 52.9 Å². The molecular weight excluding hydrogens is 398 g/mol. The molecule has 1 aromatic heterocycles. The number of pyridine rings is 1. The molecule has 25 heavy (non-hydrogen) atoms. The Bertz CT molecular complexity index is 728. The molecule has 1 aliphatic heterocycles. The molecule has 1 fully saturated rings. The van der Waals surface area contributed by atoms with Gasteiger partial charge in [0.15, 0.2) is 0 Å². The molecule has 1 amide bonds. The van der Waals surface area contributed by atoms with Crippen molar-refractivity contribution in [1.29, 1.82) is 0 Å². The van der Waals surface area contributed by atoms with Crippen molar-refractivity contribution in [3.8, 4) is 0 Å². The predicted molar refractivity (Wildman–Crippen MR) is 105 cm³/mol. The van der Waals surface area contributed by atoms with Crippen LogP contribution < -0.4 is 0 Å². The topological polar surface area (TPSA) is 36.4 Å². The van der Waals surface area contributed by atoms with Crippen molar-refractivity contribution in [1.82, 2.24) is 14.8 Å². The van der Waals surface area contributed by atoms with Gasteiger partial charge in [-0.3, -0.25) is 9.69 Å². The predicted octanol–water partition coefficient (Wildman–Crippen LogP) is 4.16. The summed E-state index contributed by atoms with van der Waals surface area (Å²) in [5.41, 5.74) is 0.759. The van der Waals surface area contributed by atoms with Crippen molar-refractivity contribution in [3.05, 3.63) is 52.6 Å². The second-order valence-corrected chi connectivity index (χ2v) is 8.31. The fraction of sp³-hybridized carbons (Fsp3) is 0.368. The van der Waals surface area contributed by atoms with Gasteiger partial charge < -0.3 is 4.90 Å². The van der Waals surface area contributed by atoms with Crippen LogP contribution in [0.3, 0.4) is 0 Å². The molecule has 0 saturated carbocycles. The third kappa shape index (κ3) is 4.63. The second kappa shape index (κ2) is 8.34. The fourth-order valence-electron chi connectivity index (χ4n) is 2.88. The summed E-state index contributed by atoms with van der Waals surface area (Å²) < 4.78 is 0.948. The van der Waals surface area contributed by atoms with E-state index in [0.29, 0.717) is 6.04 Å². The zero-order valence-electron chi connectivity index (χ0n) is 14.5. The summed E-state index contributed by atoms with van der Waals surface area (Å²) in [7, 11) is 0. The lowest BCUT2D eigenvalue weighted by atomic mass is 10.1. The minimum Gasteiger partial charge on any atom is -0.336 e. The molecule has 1 aliphatic rings. The Balaban J connectivity index is 1.74. The first-order chi connectivity index (χ1) is 12.0. The third-order valence-electron chi connectivity index (χ3n) is 4.36. The SMILES string of the molecule is CC(C)N1CCN(C(=O)c2ccccc2Sc2ccc(Br)cn2)CC1. The molecule has 6 heteroatoms. The summed E-state index contributed by atoms with van der Waals surface area (Å²) in [5, 5.41) is 0.882. The van der Waals surface area contributed by atoms with Gasteiger partial charge in [0.05, 0.1) is 5.56 Å². The van der Waals surface area contributed by atoms with Crippen molar-refractivity contribution < 1.29 is 4.79 Å². The summed E-state index contributed by atoms with van der Waals surface area (Å²) in [6.07, 6.45) is 1.78. The van der Waals surface area contributed by atoms with Gasteiger partial charge >= 0.3 is 0 Å². The highest BCUT2D eigenvalue weighted by molar-refractivity contribution is 9.10. The molecule has 0 unspecified atom stereocenters. The lowest BCUT2D eigenvalue weighted by molar-refractivity contribution is 0.0592. The van der Waals surface area contributed by atoms with Crippen LogP contribution in [0.5, 0.6) is 0 Å². The highest BCUT2D eigenvalue weighted by Crippen LogP contribution is 2.30. The number of nitrogens with zero attached hydrogens (tertiary/aromatic N) is 3. The van der Waals surface area contributed by atoms with Gasteiger partial charge in [0.25, 0.3) is 5.91 Å². The van der Waals surface area contributed by atoms with Crippen molar-refractivity contribution in [2.75, 3.05) is 26.2 Å². The van der Waals surface area contributed by atoms with E-state index in [1.165, 1.54) is 11.8 Å². The molecule has 0 spiro atoms. The number of carbonyl (C=O) groups is 1. The normalized spacial score (nSPS) is 15.6. The van der Waals surface area contributed by atoms with Crippen LogP contribution in [0.4, 0.5) is 0 Å². The summed E-state index contributed by atoms with van der Waals surface area (Å²) in [5.74, 6) is 0.114. The van der Waals surface area contributed by atoms with E-state index in [1.54, 1.807) is 6.20 Å². The fourth-order valence-corrected chi connectivity index (χ4v) is 3.99. The minimum atomic E-state index is 0.114. The van der Waals surface area contributed by atoms with Gasteiger partial charge in [-0.1, -0.05) is 23.9 Å². The zero-order valence-corrected chi connectivity index (χ0v) is 16.9. The van der Waals surface area contributed by atoms with Crippen molar-refractivity contribution in [3.63, 3.8) is 0 Å². The van der Waals surface area contributed by atoms with E-state index in [2.05, 4.69) is 39.7 Å². The van der Waals surface area contributed by atoms with Gasteiger partial charge in [-0.25, -0.2) is 4.98 Å². The Morgan fingerprint density at radius 2 is 1.84 bits per heavy atom. The maximum absolute atomic E-state index is 13.0. The molecule has 1 aromatic carbocycles. The molecule has 1 saturated heterocycles. The molecule has 0 aliphatic carbocycles. The largest absolute Gasteiger partial charge is 0.336 e. The Kier molecular flexibility index (Phi) is 6.15. The van der Waals surface area contributed by atoms with Crippen LogP contribution in [0.25, 0.3) is 0 Å². The first-order valence-corrected chi connectivity index (χ1v) is 10.1. The quantitative estimate of drug-likeness (QED) is 0.744. The summed E-state index contributed by atoms with van der Waals surface area (Å²) in [4.78, 5) is 22.7. The number of halogens is 1. The van der Waals surface area contributed by atoms with E-state index in [-0.39, 0.29) is 5.91 Å². The number of rotatable bonds is 4. The molecule has 2 heterocycles. The van der Waals surface area contributed by atoms with E-state index in [1.807, 2.05) is 41.3 Å². The van der Waals surface area contributed by atoms with E-state index < -0.39 is 0 Å². The second-order valence-electron chi connectivity index (χ2n) is 6.33. The van der Waals surface area contributed by atoms with E-state index in [4.69, 9.17) is 0 Å². The van der Waals surface area contributed by atoms with Gasteiger partial charge in [-0.2, -0.15) is 0 Å². The Morgan fingerprint density at radius 1 is 1.12 bits per heavy atom. The summed E-state index contributed by atoms with van der Waals surface area (Å²) in [6.45, 7) is 7.85. The van der Waals surface area contributed by atoms with Gasteiger partial charge in [0.1, 0.15) is 5.03 Å². The monoisotopic (exact) mass is 419 g/mol. The lowest BCUT2D eigenvalue weighted by Crippen LogP contribution is -2.50. The van der Waals surface area contributed by atoms with E-state index >= 15 is 0 Å². The van der Waals surface area contributed by atoms with Crippen LogP contribution in [-0.2, 0) is 0 Å². The van der Waals surface area contributed by atoms with Gasteiger partial charge in [0, 0.05) is 47.8 Å². The third-order valence-corrected chi connectivity index (χ3v) is 5.86. The maximum atomic E-state index is 13.0. The van der Waals surface area contributed by atoms with Crippen LogP contribution >= 0.6 is 27.7 Å². The smallest absolute Gasteiger partial charge is 0.255 e. The van der Waals surface area contributed by atoms with Crippen LogP contribution in [0.1, 0.15) is 24.2 Å². The zero-order chi connectivity index (χ0) is 17.8. The van der Waals surface area contributed by atoms with Crippen LogP contribution in [0, 0.1) is 0 Å². The standard InChI is InChI=1S/C19H22BrN3OS/c1-14(2)22-9-11-23(12-10-22)19(24)16-5-3-4-6-17(16)25-18-8-7-15(20)13-21-18/h3-8,13-14H,9-12H2,1-2H3. The highest BCUT2D eigenvalue weighted by Gasteiger charge is 2.24. The average molecular weight is 420 g/mol. The summed E-state index contributed by atoms with van der Waals surface area (Å²) in [6, 6.07) is 12.3. The van der Waals surface area contributed by atoms with Gasteiger partial charge in [-0.05, 0) is 54.0 Å². The lowest BCUT2D eigenvalue weighted by Gasteiger charge is -2.37. The van der Waals surface area contributed by atoms with Crippen molar-refractivity contribution in [2.45, 2.75) is 29.8 Å². The van der Waals surface area contributed by atoms with E-state index in [9.17, 15) is 4.79 Å². The molecule has 4 nitrogen and oxygen atoms in total. The van der Waals surface area contributed by atoms with Gasteiger partial charge in [-0.15, -0.1) is 0 Å². The number of piperazine rings is 1. The number of hydrogen-bond acceptors (Lipinski definition) is 4. The molecule has 0 N–H and O–H groups in total. The maximum Gasteiger partial charge on any atom is 0.255 e. The Morgan fingerprint density at radius 3 is 2.48 bits per heavy atom. The summed E-state index contributed by atoms with van der Waals surface area (Å²) >= 11 is 4.93. The first-order valence-electron chi connectivity index (χ1n) is 8.46. The Labute approximate surface area is 161 Å². The minimum absolute atomic E-state index is 0.114. The molecule has 0 bridgehead atoms. The molecule has 2 aromatic rings. The number of carbonyl (C=O) groups excluding carboxylic acids is 1. The van der Waals surface area contributed by atoms with Crippen LogP contribution in [0.2, 0.25) is 0 Å². The number of hydrogen-bond donors (Lipinski definition) is 0. The molecule has 0 radical (unpaired) electrons. The molecular formula is C19H22BrN3OS. The number of benzene rings is 1. The first kappa shape index (κ1) is 18.4. The molecule has 3 rings (SSSR count). The molecule has 132 valence electrons. The highest BCUT2D eigenvalue weighted by atomic mass is 79.9. The molecule has 0 atom stereocenters. The van der Waals surface area contributed by atoms with Gasteiger partial charge in [0.2, 0.25) is 0 Å². The number of aromatic nitrogens is 1. The van der Waals surface area contributed by atoms with E-state index in [0.717, 1.165) is 46.1 Å². The Hall–Kier alpha value is -1.37. The van der Waals surface area contributed by atoms with Crippen molar-refractivity contribution in [2.24, 2.45) is 0 Å². The van der Waals surface area contributed by atoms with Crippen molar-refractivity contribution >= 4 is 33.6 Å².